The van der Waals surface area contributed by atoms with Gasteiger partial charge in [0.2, 0.25) is 0 Å². The van der Waals surface area contributed by atoms with Gasteiger partial charge in [0.1, 0.15) is 5.76 Å². The van der Waals surface area contributed by atoms with Crippen LogP contribution < -0.4 is 0 Å². The lowest BCUT2D eigenvalue weighted by Gasteiger charge is -2.28. The van der Waals surface area contributed by atoms with Crippen molar-refractivity contribution in [3.05, 3.63) is 47.5 Å². The molecule has 0 aliphatic carbocycles. The normalized spacial score (nSPS) is 13.5. The van der Waals surface area contributed by atoms with Crippen LogP contribution in [0.2, 0.25) is 0 Å². The summed E-state index contributed by atoms with van der Waals surface area (Å²) >= 11 is 0. The zero-order valence-corrected chi connectivity index (χ0v) is 15.8. The fourth-order valence-corrected chi connectivity index (χ4v) is 2.30. The number of ether oxygens (including phenoxy) is 2. The highest BCUT2D eigenvalue weighted by Gasteiger charge is 2.24. The van der Waals surface area contributed by atoms with E-state index in [1.54, 1.807) is 7.11 Å². The summed E-state index contributed by atoms with van der Waals surface area (Å²) in [4.78, 5) is 0. The first-order chi connectivity index (χ1) is 10.6. The average molecular weight is 316 g/mol. The summed E-state index contributed by atoms with van der Waals surface area (Å²) < 4.78 is 11.8. The zero-order valence-electron chi connectivity index (χ0n) is 15.8. The summed E-state index contributed by atoms with van der Waals surface area (Å²) in [6.45, 7) is 18.3. The third-order valence-electron chi connectivity index (χ3n) is 3.55. The van der Waals surface area contributed by atoms with Crippen molar-refractivity contribution in [1.29, 1.82) is 0 Å². The van der Waals surface area contributed by atoms with Crippen LogP contribution in [0.15, 0.2) is 36.4 Å². The van der Waals surface area contributed by atoms with Crippen molar-refractivity contribution in [3.8, 4) is 0 Å². The van der Waals surface area contributed by atoms with Crippen LogP contribution in [0.1, 0.15) is 52.7 Å². The molecule has 0 aliphatic heterocycles. The first-order valence-electron chi connectivity index (χ1n) is 8.17. The van der Waals surface area contributed by atoms with Gasteiger partial charge in [0.05, 0.1) is 20.3 Å². The summed E-state index contributed by atoms with van der Waals surface area (Å²) in [7, 11) is 1.73. The zero-order chi connectivity index (χ0) is 17.7. The van der Waals surface area contributed by atoms with E-state index in [4.69, 9.17) is 9.47 Å². The summed E-state index contributed by atoms with van der Waals surface area (Å²) in [5, 5.41) is 0. The van der Waals surface area contributed by atoms with Crippen LogP contribution in [-0.2, 0) is 9.47 Å². The minimum absolute atomic E-state index is 0.0343. The Labute approximate surface area is 142 Å². The van der Waals surface area contributed by atoms with Crippen molar-refractivity contribution < 1.29 is 9.47 Å². The van der Waals surface area contributed by atoms with E-state index in [0.717, 1.165) is 23.5 Å². The standard InChI is InChI=1S/C21H32O2/c1-9-16-11-10-12-17(13-16)19(22-8)18(21(5,6)7)14-23-15-20(2,3)4/h9-13H,1,14-15H2,2-8H3/b19-18-. The number of methoxy groups -OCH3 is 1. The molecule has 0 saturated carbocycles. The highest BCUT2D eigenvalue weighted by atomic mass is 16.5. The molecule has 0 N–H and O–H groups in total. The Morgan fingerprint density at radius 2 is 1.78 bits per heavy atom. The van der Waals surface area contributed by atoms with Crippen molar-refractivity contribution in [2.24, 2.45) is 10.8 Å². The molecule has 2 heteroatoms. The second kappa shape index (κ2) is 7.83. The largest absolute Gasteiger partial charge is 0.496 e. The Morgan fingerprint density at radius 1 is 1.13 bits per heavy atom. The first kappa shape index (κ1) is 19.5. The minimum atomic E-state index is -0.0343. The van der Waals surface area contributed by atoms with Crippen LogP contribution in [0.5, 0.6) is 0 Å². The average Bonchev–Trinajstić information content (AvgIpc) is 2.44. The molecule has 0 aromatic heterocycles. The Balaban J connectivity index is 3.21. The van der Waals surface area contributed by atoms with Gasteiger partial charge >= 0.3 is 0 Å². The van der Waals surface area contributed by atoms with E-state index in [1.165, 1.54) is 5.57 Å². The molecule has 2 nitrogen and oxygen atoms in total. The van der Waals surface area contributed by atoms with Gasteiger partial charge in [0.25, 0.3) is 0 Å². The highest BCUT2D eigenvalue weighted by Crippen LogP contribution is 2.34. The lowest BCUT2D eigenvalue weighted by atomic mass is 9.84. The number of rotatable bonds is 6. The number of hydrogen-bond donors (Lipinski definition) is 0. The maximum Gasteiger partial charge on any atom is 0.128 e. The number of benzene rings is 1. The van der Waals surface area contributed by atoms with Gasteiger partial charge in [-0.2, -0.15) is 0 Å². The quantitative estimate of drug-likeness (QED) is 0.618. The Kier molecular flexibility index (Phi) is 6.64. The van der Waals surface area contributed by atoms with Crippen LogP contribution in [0.25, 0.3) is 11.8 Å². The fourth-order valence-electron chi connectivity index (χ4n) is 2.30. The SMILES string of the molecule is C=Cc1cccc(/C(OC)=C(\COCC(C)(C)C)C(C)(C)C)c1. The van der Waals surface area contributed by atoms with E-state index in [-0.39, 0.29) is 10.8 Å². The Bertz CT molecular complexity index is 554. The molecule has 0 saturated heterocycles. The molecule has 0 amide bonds. The predicted octanol–water partition coefficient (Wildman–Crippen LogP) is 5.80. The lowest BCUT2D eigenvalue weighted by molar-refractivity contribution is 0.0787. The number of hydrogen-bond acceptors (Lipinski definition) is 2. The molecule has 1 aromatic carbocycles. The summed E-state index contributed by atoms with van der Waals surface area (Å²) in [5.41, 5.74) is 3.44. The molecule has 0 spiro atoms. The Morgan fingerprint density at radius 3 is 2.26 bits per heavy atom. The van der Waals surface area contributed by atoms with E-state index in [2.05, 4.69) is 60.3 Å². The third kappa shape index (κ3) is 6.23. The smallest absolute Gasteiger partial charge is 0.128 e. The van der Waals surface area contributed by atoms with E-state index in [1.807, 2.05) is 18.2 Å². The molecule has 0 radical (unpaired) electrons. The van der Waals surface area contributed by atoms with E-state index >= 15 is 0 Å². The molecule has 1 rings (SSSR count). The fraction of sp³-hybridized carbons (Fsp3) is 0.524. The van der Waals surface area contributed by atoms with Gasteiger partial charge in [0, 0.05) is 11.1 Å². The summed E-state index contributed by atoms with van der Waals surface area (Å²) in [5.74, 6) is 0.898. The molecular formula is C21H32O2. The van der Waals surface area contributed by atoms with Gasteiger partial charge in [-0.1, -0.05) is 72.4 Å². The van der Waals surface area contributed by atoms with Crippen LogP contribution in [0, 0.1) is 10.8 Å². The monoisotopic (exact) mass is 316 g/mol. The van der Waals surface area contributed by atoms with Gasteiger partial charge < -0.3 is 9.47 Å². The third-order valence-corrected chi connectivity index (χ3v) is 3.55. The molecule has 0 bridgehead atoms. The molecule has 128 valence electrons. The van der Waals surface area contributed by atoms with Crippen molar-refractivity contribution in [2.75, 3.05) is 20.3 Å². The highest BCUT2D eigenvalue weighted by molar-refractivity contribution is 5.67. The van der Waals surface area contributed by atoms with E-state index in [0.29, 0.717) is 6.61 Å². The molecule has 0 atom stereocenters. The minimum Gasteiger partial charge on any atom is -0.496 e. The van der Waals surface area contributed by atoms with E-state index < -0.39 is 0 Å². The maximum atomic E-state index is 5.99. The molecule has 1 aromatic rings. The van der Waals surface area contributed by atoms with Crippen molar-refractivity contribution in [3.63, 3.8) is 0 Å². The van der Waals surface area contributed by atoms with Gasteiger partial charge in [-0.15, -0.1) is 0 Å². The molecule has 0 fully saturated rings. The van der Waals surface area contributed by atoms with Crippen LogP contribution in [0.4, 0.5) is 0 Å². The maximum absolute atomic E-state index is 5.99. The summed E-state index contributed by atoms with van der Waals surface area (Å²) in [6.07, 6.45) is 1.85. The second-order valence-electron chi connectivity index (χ2n) is 8.14. The van der Waals surface area contributed by atoms with Crippen molar-refractivity contribution in [1.82, 2.24) is 0 Å². The van der Waals surface area contributed by atoms with Crippen molar-refractivity contribution >= 4 is 11.8 Å². The van der Waals surface area contributed by atoms with Crippen LogP contribution in [0.3, 0.4) is 0 Å². The lowest BCUT2D eigenvalue weighted by Crippen LogP contribution is -2.21. The van der Waals surface area contributed by atoms with Crippen LogP contribution >= 0.6 is 0 Å². The molecule has 23 heavy (non-hydrogen) atoms. The summed E-state index contributed by atoms with van der Waals surface area (Å²) in [6, 6.07) is 8.24. The van der Waals surface area contributed by atoms with Gasteiger partial charge in [0.15, 0.2) is 0 Å². The van der Waals surface area contributed by atoms with Gasteiger partial charge in [-0.05, 0) is 22.5 Å². The predicted molar refractivity (Wildman–Crippen MR) is 100 cm³/mol. The first-order valence-corrected chi connectivity index (χ1v) is 8.17. The molecule has 0 heterocycles. The molecule has 0 unspecified atom stereocenters. The molecule has 0 aliphatic rings. The van der Waals surface area contributed by atoms with Gasteiger partial charge in [-0.3, -0.25) is 0 Å². The molecular weight excluding hydrogens is 284 g/mol. The Hall–Kier alpha value is -1.54. The van der Waals surface area contributed by atoms with Gasteiger partial charge in [-0.25, -0.2) is 0 Å². The second-order valence-corrected chi connectivity index (χ2v) is 8.14. The van der Waals surface area contributed by atoms with Crippen LogP contribution in [-0.4, -0.2) is 20.3 Å². The van der Waals surface area contributed by atoms with Crippen molar-refractivity contribution in [2.45, 2.75) is 41.5 Å². The van der Waals surface area contributed by atoms with E-state index in [9.17, 15) is 0 Å². The topological polar surface area (TPSA) is 18.5 Å².